The Morgan fingerprint density at radius 1 is 1.31 bits per heavy atom. The Balaban J connectivity index is 2.31. The van der Waals surface area contributed by atoms with Gasteiger partial charge in [-0.05, 0) is 42.4 Å². The Bertz CT molecular complexity index is 382. The highest BCUT2D eigenvalue weighted by Crippen LogP contribution is 2.35. The molecule has 88 valence electrons. The molecule has 1 heterocycles. The van der Waals surface area contributed by atoms with Crippen molar-refractivity contribution in [3.8, 4) is 11.5 Å². The first-order chi connectivity index (χ1) is 7.72. The summed E-state index contributed by atoms with van der Waals surface area (Å²) in [6.07, 6.45) is 0.865. The lowest BCUT2D eigenvalue weighted by Gasteiger charge is -2.22. The molecule has 0 radical (unpaired) electrons. The maximum atomic E-state index is 6.09. The van der Waals surface area contributed by atoms with Gasteiger partial charge in [-0.1, -0.05) is 0 Å². The van der Waals surface area contributed by atoms with Gasteiger partial charge in [-0.2, -0.15) is 12.6 Å². The van der Waals surface area contributed by atoms with Gasteiger partial charge in [0.25, 0.3) is 0 Å². The van der Waals surface area contributed by atoms with E-state index in [9.17, 15) is 0 Å². The number of fused-ring (bicyclic) bond motifs is 1. The molecule has 1 unspecified atom stereocenters. The molecule has 1 aromatic rings. The van der Waals surface area contributed by atoms with Crippen molar-refractivity contribution in [2.75, 3.05) is 19.0 Å². The molecule has 16 heavy (non-hydrogen) atoms. The van der Waals surface area contributed by atoms with E-state index in [1.165, 1.54) is 0 Å². The minimum Gasteiger partial charge on any atom is -0.486 e. The van der Waals surface area contributed by atoms with Crippen molar-refractivity contribution in [2.45, 2.75) is 19.4 Å². The van der Waals surface area contributed by atoms with Crippen molar-refractivity contribution in [3.05, 3.63) is 23.3 Å². The van der Waals surface area contributed by atoms with Crippen molar-refractivity contribution < 1.29 is 9.47 Å². The third-order valence-electron chi connectivity index (χ3n) is 2.77. The fourth-order valence-electron chi connectivity index (χ4n) is 1.90. The molecule has 0 spiro atoms. The molecule has 0 bridgehead atoms. The van der Waals surface area contributed by atoms with Crippen LogP contribution in [0.5, 0.6) is 11.5 Å². The van der Waals surface area contributed by atoms with E-state index in [0.717, 1.165) is 34.8 Å². The normalized spacial score (nSPS) is 15.9. The Morgan fingerprint density at radius 3 is 2.56 bits per heavy atom. The molecule has 4 heteroatoms. The Labute approximate surface area is 101 Å². The van der Waals surface area contributed by atoms with Crippen LogP contribution < -0.4 is 15.2 Å². The Kier molecular flexibility index (Phi) is 3.61. The molecule has 0 saturated carbocycles. The van der Waals surface area contributed by atoms with E-state index < -0.39 is 0 Å². The van der Waals surface area contributed by atoms with Gasteiger partial charge in [0.15, 0.2) is 11.5 Å². The fraction of sp³-hybridized carbons (Fsp3) is 0.500. The molecule has 1 aliphatic heterocycles. The van der Waals surface area contributed by atoms with Gasteiger partial charge in [-0.15, -0.1) is 0 Å². The highest BCUT2D eigenvalue weighted by atomic mass is 32.1. The lowest BCUT2D eigenvalue weighted by Crippen LogP contribution is -2.18. The first-order valence-corrected chi connectivity index (χ1v) is 6.12. The third-order valence-corrected chi connectivity index (χ3v) is 3.03. The van der Waals surface area contributed by atoms with E-state index in [1.807, 2.05) is 19.1 Å². The summed E-state index contributed by atoms with van der Waals surface area (Å²) in [6, 6.07) is 4.02. The lowest BCUT2D eigenvalue weighted by atomic mass is 9.99. The molecule has 1 aromatic carbocycles. The molecule has 0 amide bonds. The third kappa shape index (κ3) is 2.28. The van der Waals surface area contributed by atoms with Gasteiger partial charge in [0.2, 0.25) is 0 Å². The van der Waals surface area contributed by atoms with Crippen LogP contribution in [0.1, 0.15) is 23.6 Å². The maximum absolute atomic E-state index is 6.09. The van der Waals surface area contributed by atoms with Gasteiger partial charge in [0.05, 0.1) is 0 Å². The minimum atomic E-state index is 0.0216. The molecule has 0 aliphatic carbocycles. The number of hydrogen-bond acceptors (Lipinski definition) is 4. The van der Waals surface area contributed by atoms with E-state index in [-0.39, 0.29) is 6.04 Å². The average Bonchev–Trinajstić information content (AvgIpc) is 2.28. The van der Waals surface area contributed by atoms with Gasteiger partial charge in [-0.25, -0.2) is 0 Å². The van der Waals surface area contributed by atoms with Crippen molar-refractivity contribution in [3.63, 3.8) is 0 Å². The Morgan fingerprint density at radius 2 is 1.94 bits per heavy atom. The van der Waals surface area contributed by atoms with E-state index in [0.29, 0.717) is 13.2 Å². The smallest absolute Gasteiger partial charge is 0.161 e. The van der Waals surface area contributed by atoms with Crippen LogP contribution >= 0.6 is 12.6 Å². The monoisotopic (exact) mass is 239 g/mol. The summed E-state index contributed by atoms with van der Waals surface area (Å²) in [5, 5.41) is 0. The first-order valence-electron chi connectivity index (χ1n) is 5.49. The zero-order valence-corrected chi connectivity index (χ0v) is 10.3. The van der Waals surface area contributed by atoms with Crippen LogP contribution in [0, 0.1) is 6.92 Å². The van der Waals surface area contributed by atoms with Gasteiger partial charge >= 0.3 is 0 Å². The topological polar surface area (TPSA) is 44.5 Å². The number of ether oxygens (including phenoxy) is 2. The minimum absolute atomic E-state index is 0.0216. The number of rotatable bonds is 3. The molecule has 3 nitrogen and oxygen atoms in total. The number of nitrogens with two attached hydrogens (primary N) is 1. The summed E-state index contributed by atoms with van der Waals surface area (Å²) in [5.41, 5.74) is 8.37. The van der Waals surface area contributed by atoms with Gasteiger partial charge in [0.1, 0.15) is 13.2 Å². The van der Waals surface area contributed by atoms with Gasteiger partial charge in [0, 0.05) is 6.04 Å². The molecule has 2 rings (SSSR count). The fourth-order valence-corrected chi connectivity index (χ4v) is 2.18. The van der Waals surface area contributed by atoms with E-state index in [1.54, 1.807) is 0 Å². The number of hydrogen-bond donors (Lipinski definition) is 2. The molecule has 0 saturated heterocycles. The second-order valence-corrected chi connectivity index (χ2v) is 4.42. The first kappa shape index (κ1) is 11.6. The molecular formula is C12H17NO2S. The van der Waals surface area contributed by atoms with Crippen LogP contribution in [-0.4, -0.2) is 19.0 Å². The van der Waals surface area contributed by atoms with Crippen LogP contribution in [0.2, 0.25) is 0 Å². The van der Waals surface area contributed by atoms with Crippen molar-refractivity contribution >= 4 is 12.6 Å². The molecule has 1 atom stereocenters. The number of aryl methyl sites for hydroxylation is 1. The van der Waals surface area contributed by atoms with Crippen LogP contribution in [0.3, 0.4) is 0 Å². The highest BCUT2D eigenvalue weighted by molar-refractivity contribution is 7.80. The maximum Gasteiger partial charge on any atom is 0.161 e. The summed E-state index contributed by atoms with van der Waals surface area (Å²) < 4.78 is 11.1. The largest absolute Gasteiger partial charge is 0.486 e. The molecule has 0 fully saturated rings. The SMILES string of the molecule is Cc1cc2c(cc1C(N)CCS)OCCO2. The van der Waals surface area contributed by atoms with Gasteiger partial charge in [-0.3, -0.25) is 0 Å². The summed E-state index contributed by atoms with van der Waals surface area (Å²) in [4.78, 5) is 0. The molecule has 1 aliphatic rings. The number of benzene rings is 1. The van der Waals surface area contributed by atoms with Crippen LogP contribution in [0.4, 0.5) is 0 Å². The molecule has 0 aromatic heterocycles. The standard InChI is InChI=1S/C12H17NO2S/c1-8-6-11-12(15-4-3-14-11)7-9(8)10(13)2-5-16/h6-7,10,16H,2-5,13H2,1H3. The predicted octanol–water partition coefficient (Wildman–Crippen LogP) is 2.09. The van der Waals surface area contributed by atoms with Crippen LogP contribution in [0.25, 0.3) is 0 Å². The van der Waals surface area contributed by atoms with Crippen molar-refractivity contribution in [2.24, 2.45) is 5.73 Å². The quantitative estimate of drug-likeness (QED) is 0.794. The summed E-state index contributed by atoms with van der Waals surface area (Å²) in [5.74, 6) is 2.42. The Hall–Kier alpha value is -0.870. The van der Waals surface area contributed by atoms with Crippen molar-refractivity contribution in [1.82, 2.24) is 0 Å². The van der Waals surface area contributed by atoms with Crippen LogP contribution in [-0.2, 0) is 0 Å². The zero-order chi connectivity index (χ0) is 11.5. The van der Waals surface area contributed by atoms with E-state index in [4.69, 9.17) is 15.2 Å². The van der Waals surface area contributed by atoms with E-state index >= 15 is 0 Å². The second-order valence-electron chi connectivity index (χ2n) is 3.97. The molecular weight excluding hydrogens is 222 g/mol. The zero-order valence-electron chi connectivity index (χ0n) is 9.40. The van der Waals surface area contributed by atoms with Gasteiger partial charge < -0.3 is 15.2 Å². The average molecular weight is 239 g/mol. The molecule has 2 N–H and O–H groups in total. The summed E-state index contributed by atoms with van der Waals surface area (Å²) in [6.45, 7) is 3.28. The number of thiol groups is 1. The lowest BCUT2D eigenvalue weighted by molar-refractivity contribution is 0.171. The second kappa shape index (κ2) is 4.97. The van der Waals surface area contributed by atoms with Crippen LogP contribution in [0.15, 0.2) is 12.1 Å². The predicted molar refractivity (Wildman–Crippen MR) is 67.6 cm³/mol. The summed E-state index contributed by atoms with van der Waals surface area (Å²) >= 11 is 4.21. The van der Waals surface area contributed by atoms with E-state index in [2.05, 4.69) is 12.6 Å². The highest BCUT2D eigenvalue weighted by Gasteiger charge is 2.16. The summed E-state index contributed by atoms with van der Waals surface area (Å²) in [7, 11) is 0. The van der Waals surface area contributed by atoms with Crippen molar-refractivity contribution in [1.29, 1.82) is 0 Å².